The summed E-state index contributed by atoms with van der Waals surface area (Å²) in [5.41, 5.74) is 12.0. The molecule has 0 aliphatic heterocycles. The van der Waals surface area contributed by atoms with Crippen molar-refractivity contribution in [3.63, 3.8) is 0 Å². The van der Waals surface area contributed by atoms with Crippen LogP contribution in [0.4, 0.5) is 11.4 Å². The molecular formula is C30H32BN3. The second kappa shape index (κ2) is 10.1. The molecule has 0 aliphatic carbocycles. The third kappa shape index (κ3) is 4.96. The first-order chi connectivity index (χ1) is 16.3. The number of nitrogens with zero attached hydrogens (tertiary/aromatic N) is 3. The van der Waals surface area contributed by atoms with Crippen molar-refractivity contribution in [2.75, 3.05) is 4.92 Å². The van der Waals surface area contributed by atoms with Crippen molar-refractivity contribution in [3.05, 3.63) is 118 Å². The van der Waals surface area contributed by atoms with E-state index in [0.717, 1.165) is 11.4 Å². The van der Waals surface area contributed by atoms with Crippen molar-refractivity contribution in [2.45, 2.75) is 41.5 Å². The van der Waals surface area contributed by atoms with Crippen LogP contribution in [0.1, 0.15) is 33.4 Å². The van der Waals surface area contributed by atoms with Crippen LogP contribution in [-0.2, 0) is 0 Å². The Labute approximate surface area is 204 Å². The maximum absolute atomic E-state index is 4.88. The molecule has 0 N–H and O–H groups in total. The summed E-state index contributed by atoms with van der Waals surface area (Å²) in [6.45, 7) is 13.0. The first-order valence-electron chi connectivity index (χ1n) is 11.8. The van der Waals surface area contributed by atoms with Gasteiger partial charge in [-0.2, -0.15) is 0 Å². The maximum atomic E-state index is 4.88. The van der Waals surface area contributed by atoms with E-state index in [1.807, 2.05) is 36.4 Å². The van der Waals surface area contributed by atoms with Crippen molar-refractivity contribution in [2.24, 2.45) is 10.3 Å². The van der Waals surface area contributed by atoms with E-state index in [1.54, 1.807) is 0 Å². The topological polar surface area (TPSA) is 28.0 Å². The molecule has 0 atom stereocenters. The zero-order valence-corrected chi connectivity index (χ0v) is 21.0. The number of hydrogen-bond acceptors (Lipinski definition) is 2. The predicted molar refractivity (Wildman–Crippen MR) is 146 cm³/mol. The van der Waals surface area contributed by atoms with E-state index in [9.17, 15) is 0 Å². The van der Waals surface area contributed by atoms with Crippen LogP contribution < -0.4 is 15.8 Å². The van der Waals surface area contributed by atoms with Crippen LogP contribution in [0.2, 0.25) is 0 Å². The normalized spacial score (nSPS) is 11.1. The van der Waals surface area contributed by atoms with E-state index in [0.29, 0.717) is 0 Å². The van der Waals surface area contributed by atoms with Gasteiger partial charge in [0.15, 0.2) is 0 Å². The molecule has 0 aliphatic rings. The van der Waals surface area contributed by atoms with E-state index in [2.05, 4.69) is 100 Å². The molecule has 0 bridgehead atoms. The molecule has 3 nitrogen and oxygen atoms in total. The minimum atomic E-state index is -0.115. The molecule has 0 saturated carbocycles. The Morgan fingerprint density at radius 1 is 0.559 bits per heavy atom. The van der Waals surface area contributed by atoms with Crippen LogP contribution in [0.15, 0.2) is 95.3 Å². The number of anilines is 1. The molecule has 4 rings (SSSR count). The fraction of sp³-hybridized carbons (Fsp3) is 0.200. The quantitative estimate of drug-likeness (QED) is 0.181. The first kappa shape index (κ1) is 23.5. The highest BCUT2D eigenvalue weighted by Gasteiger charge is 2.34. The fourth-order valence-electron chi connectivity index (χ4n) is 5.06. The molecule has 4 aromatic rings. The number of benzene rings is 4. The molecule has 170 valence electrons. The molecule has 0 unspecified atom stereocenters. The lowest BCUT2D eigenvalue weighted by Gasteiger charge is -2.31. The largest absolute Gasteiger partial charge is 0.352 e. The molecule has 0 aromatic heterocycles. The highest BCUT2D eigenvalue weighted by atomic mass is 15.5. The van der Waals surface area contributed by atoms with E-state index in [-0.39, 0.29) is 6.85 Å². The van der Waals surface area contributed by atoms with E-state index in [1.165, 1.54) is 44.3 Å². The monoisotopic (exact) mass is 445 g/mol. The summed E-state index contributed by atoms with van der Waals surface area (Å²) in [5, 5.41) is 9.54. The number of para-hydroxylation sites is 1. The second-order valence-electron chi connectivity index (χ2n) is 9.23. The Hall–Kier alpha value is -3.66. The summed E-state index contributed by atoms with van der Waals surface area (Å²) in [6, 6.07) is 29.4. The molecule has 34 heavy (non-hydrogen) atoms. The summed E-state index contributed by atoms with van der Waals surface area (Å²) in [4.78, 5) is 2.09. The van der Waals surface area contributed by atoms with Gasteiger partial charge in [-0.25, -0.2) is 0 Å². The second-order valence-corrected chi connectivity index (χ2v) is 9.23. The lowest BCUT2D eigenvalue weighted by molar-refractivity contribution is 1.02. The molecule has 0 radical (unpaired) electrons. The summed E-state index contributed by atoms with van der Waals surface area (Å²) >= 11 is 0. The Morgan fingerprint density at radius 3 is 1.41 bits per heavy atom. The van der Waals surface area contributed by atoms with Gasteiger partial charge in [-0.05, 0) is 76.7 Å². The minimum absolute atomic E-state index is 0.115. The van der Waals surface area contributed by atoms with Gasteiger partial charge in [-0.3, -0.25) is 4.92 Å². The Balaban J connectivity index is 2.01. The average Bonchev–Trinajstić information content (AvgIpc) is 2.79. The van der Waals surface area contributed by atoms with Gasteiger partial charge in [0.1, 0.15) is 0 Å². The number of aryl methyl sites for hydroxylation is 6. The highest BCUT2D eigenvalue weighted by Crippen LogP contribution is 2.22. The van der Waals surface area contributed by atoms with Crippen LogP contribution in [0, 0.1) is 41.5 Å². The minimum Gasteiger partial charge on any atom is -0.281 e. The molecule has 0 fully saturated rings. The standard InChI is InChI=1S/C30H32BN3/c1-21-17-23(3)29(24(4)18-21)31(30-25(5)19-22(2)20-26(30)6)34(28-15-11-8-12-16-28)33-32-27-13-9-7-10-14-27/h7-20H,1-6H3. The third-order valence-electron chi connectivity index (χ3n) is 6.30. The van der Waals surface area contributed by atoms with Gasteiger partial charge in [-0.15, -0.1) is 5.11 Å². The van der Waals surface area contributed by atoms with Gasteiger partial charge in [0, 0.05) is 5.69 Å². The summed E-state index contributed by atoms with van der Waals surface area (Å²) in [5.74, 6) is 0. The summed E-state index contributed by atoms with van der Waals surface area (Å²) in [7, 11) is 0. The SMILES string of the molecule is Cc1cc(C)c(B(c2c(C)cc(C)cc2C)N(N=Nc2ccccc2)c2ccccc2)c(C)c1. The maximum Gasteiger partial charge on any atom is 0.352 e. The van der Waals surface area contributed by atoms with Crippen LogP contribution >= 0.6 is 0 Å². The van der Waals surface area contributed by atoms with Crippen LogP contribution in [-0.4, -0.2) is 6.85 Å². The molecule has 4 aromatic carbocycles. The third-order valence-corrected chi connectivity index (χ3v) is 6.30. The fourth-order valence-corrected chi connectivity index (χ4v) is 5.06. The Kier molecular flexibility index (Phi) is 6.97. The predicted octanol–water partition coefficient (Wildman–Crippen LogP) is 6.85. The van der Waals surface area contributed by atoms with Crippen LogP contribution in [0.5, 0.6) is 0 Å². The lowest BCUT2D eigenvalue weighted by atomic mass is 9.46. The van der Waals surface area contributed by atoms with Crippen molar-refractivity contribution in [1.82, 2.24) is 0 Å². The Bertz CT molecular complexity index is 1210. The van der Waals surface area contributed by atoms with Gasteiger partial charge in [0.05, 0.1) is 5.69 Å². The van der Waals surface area contributed by atoms with Crippen molar-refractivity contribution < 1.29 is 0 Å². The zero-order valence-electron chi connectivity index (χ0n) is 21.0. The highest BCUT2D eigenvalue weighted by molar-refractivity contribution is 6.89. The van der Waals surface area contributed by atoms with E-state index in [4.69, 9.17) is 5.22 Å². The summed E-state index contributed by atoms with van der Waals surface area (Å²) in [6.07, 6.45) is 0. The molecule has 4 heteroatoms. The van der Waals surface area contributed by atoms with Gasteiger partial charge in [0.25, 0.3) is 0 Å². The van der Waals surface area contributed by atoms with Gasteiger partial charge < -0.3 is 0 Å². The number of rotatable bonds is 6. The van der Waals surface area contributed by atoms with Gasteiger partial charge in [0.2, 0.25) is 0 Å². The smallest absolute Gasteiger partial charge is 0.281 e. The molecular weight excluding hydrogens is 413 g/mol. The molecule has 0 saturated heterocycles. The van der Waals surface area contributed by atoms with Crippen LogP contribution in [0.3, 0.4) is 0 Å². The van der Waals surface area contributed by atoms with Gasteiger partial charge in [-0.1, -0.05) is 99.3 Å². The zero-order chi connectivity index (χ0) is 24.2. The summed E-state index contributed by atoms with van der Waals surface area (Å²) < 4.78 is 0. The van der Waals surface area contributed by atoms with Crippen molar-refractivity contribution in [3.8, 4) is 0 Å². The lowest BCUT2D eigenvalue weighted by Crippen LogP contribution is -2.58. The van der Waals surface area contributed by atoms with Crippen molar-refractivity contribution >= 4 is 29.1 Å². The molecule has 0 amide bonds. The molecule has 0 heterocycles. The Morgan fingerprint density at radius 2 is 0.971 bits per heavy atom. The first-order valence-corrected chi connectivity index (χ1v) is 11.8. The molecule has 0 spiro atoms. The van der Waals surface area contributed by atoms with Gasteiger partial charge >= 0.3 is 6.85 Å². The van der Waals surface area contributed by atoms with Crippen molar-refractivity contribution in [1.29, 1.82) is 0 Å². The average molecular weight is 445 g/mol. The number of hydrogen-bond donors (Lipinski definition) is 0. The van der Waals surface area contributed by atoms with Crippen LogP contribution in [0.25, 0.3) is 0 Å². The van der Waals surface area contributed by atoms with E-state index < -0.39 is 0 Å². The van der Waals surface area contributed by atoms with E-state index >= 15 is 0 Å².